The molecule has 0 amide bonds. The molecule has 1 aromatic carbocycles. The number of nitrogens with zero attached hydrogens (tertiary/aromatic N) is 1. The highest BCUT2D eigenvalue weighted by Crippen LogP contribution is 2.11. The number of esters is 2. The van der Waals surface area contributed by atoms with Crippen LogP contribution in [0.1, 0.15) is 111 Å². The SMILES string of the molecule is C=C(C)C(=O)OCCCCCCCCCCCCC.C=C(C)C(=O)OCCN(CC)CC.C=Cc1ccccc1. The van der Waals surface area contributed by atoms with E-state index in [1.807, 2.05) is 36.4 Å². The van der Waals surface area contributed by atoms with Gasteiger partial charge < -0.3 is 14.4 Å². The van der Waals surface area contributed by atoms with Gasteiger partial charge in [-0.2, -0.15) is 0 Å². The number of rotatable bonds is 20. The molecule has 0 aliphatic rings. The van der Waals surface area contributed by atoms with Crippen LogP contribution in [0.5, 0.6) is 0 Å². The zero-order chi connectivity index (χ0) is 30.4. The second-order valence-corrected chi connectivity index (χ2v) is 10.0. The molecule has 1 aromatic rings. The van der Waals surface area contributed by atoms with Gasteiger partial charge in [0.1, 0.15) is 6.61 Å². The van der Waals surface area contributed by atoms with Gasteiger partial charge in [-0.05, 0) is 38.9 Å². The molecule has 0 saturated heterocycles. The Balaban J connectivity index is 0. The summed E-state index contributed by atoms with van der Waals surface area (Å²) in [6.07, 6.45) is 16.2. The van der Waals surface area contributed by atoms with Crippen molar-refractivity contribution in [2.75, 3.05) is 32.8 Å². The van der Waals surface area contributed by atoms with Crippen molar-refractivity contribution in [2.24, 2.45) is 0 Å². The van der Waals surface area contributed by atoms with E-state index in [2.05, 4.69) is 45.4 Å². The monoisotopic (exact) mass is 557 g/mol. The molecule has 5 nitrogen and oxygen atoms in total. The average molecular weight is 558 g/mol. The smallest absolute Gasteiger partial charge is 0.333 e. The maximum atomic E-state index is 11.1. The van der Waals surface area contributed by atoms with Gasteiger partial charge in [-0.25, -0.2) is 9.59 Å². The summed E-state index contributed by atoms with van der Waals surface area (Å²) in [4.78, 5) is 24.3. The van der Waals surface area contributed by atoms with Crippen molar-refractivity contribution in [3.8, 4) is 0 Å². The summed E-state index contributed by atoms with van der Waals surface area (Å²) in [7, 11) is 0. The molecule has 5 heteroatoms. The molecule has 0 saturated carbocycles. The summed E-state index contributed by atoms with van der Waals surface area (Å²) in [6, 6.07) is 10.0. The van der Waals surface area contributed by atoms with Crippen LogP contribution in [0.4, 0.5) is 0 Å². The fraction of sp³-hybridized carbons (Fsp3) is 0.600. The molecule has 0 unspecified atom stereocenters. The van der Waals surface area contributed by atoms with Gasteiger partial charge >= 0.3 is 11.9 Å². The van der Waals surface area contributed by atoms with E-state index in [1.54, 1.807) is 13.8 Å². The van der Waals surface area contributed by atoms with Crippen molar-refractivity contribution in [1.82, 2.24) is 4.90 Å². The molecular formula is C35H59NO4. The van der Waals surface area contributed by atoms with Crippen LogP contribution >= 0.6 is 0 Å². The van der Waals surface area contributed by atoms with Gasteiger partial charge in [0, 0.05) is 17.7 Å². The number of unbranched alkanes of at least 4 members (excludes halogenated alkanes) is 10. The van der Waals surface area contributed by atoms with Gasteiger partial charge in [-0.3, -0.25) is 0 Å². The van der Waals surface area contributed by atoms with Gasteiger partial charge in [0.2, 0.25) is 0 Å². The van der Waals surface area contributed by atoms with Crippen molar-refractivity contribution in [3.05, 3.63) is 66.8 Å². The molecule has 0 bridgehead atoms. The molecule has 40 heavy (non-hydrogen) atoms. The Bertz CT molecular complexity index is 784. The van der Waals surface area contributed by atoms with Gasteiger partial charge in [-0.1, -0.05) is 141 Å². The van der Waals surface area contributed by atoms with Crippen LogP contribution < -0.4 is 0 Å². The minimum atomic E-state index is -0.299. The van der Waals surface area contributed by atoms with Crippen LogP contribution in [0.25, 0.3) is 6.08 Å². The van der Waals surface area contributed by atoms with Crippen LogP contribution in [-0.4, -0.2) is 49.7 Å². The van der Waals surface area contributed by atoms with E-state index in [1.165, 1.54) is 69.8 Å². The lowest BCUT2D eigenvalue weighted by molar-refractivity contribution is -0.140. The van der Waals surface area contributed by atoms with Gasteiger partial charge in [-0.15, -0.1) is 0 Å². The number of carbonyl (C=O) groups is 2. The van der Waals surface area contributed by atoms with E-state index in [0.717, 1.165) is 26.1 Å². The second kappa shape index (κ2) is 29.3. The summed E-state index contributed by atoms with van der Waals surface area (Å²) < 4.78 is 10.0. The molecule has 0 aliphatic heterocycles. The first-order valence-corrected chi connectivity index (χ1v) is 15.3. The summed E-state index contributed by atoms with van der Waals surface area (Å²) in [5, 5.41) is 0. The Hall–Kier alpha value is -2.66. The summed E-state index contributed by atoms with van der Waals surface area (Å²) in [6.45, 7) is 24.2. The van der Waals surface area contributed by atoms with E-state index in [9.17, 15) is 9.59 Å². The lowest BCUT2D eigenvalue weighted by Gasteiger charge is -2.17. The normalized spacial score (nSPS) is 9.95. The lowest BCUT2D eigenvalue weighted by Crippen LogP contribution is -2.27. The van der Waals surface area contributed by atoms with Crippen molar-refractivity contribution in [3.63, 3.8) is 0 Å². The van der Waals surface area contributed by atoms with Crippen molar-refractivity contribution >= 4 is 18.0 Å². The Labute approximate surface area is 246 Å². The molecule has 1 rings (SSSR count). The van der Waals surface area contributed by atoms with Gasteiger partial charge in [0.05, 0.1) is 6.61 Å². The first-order chi connectivity index (χ1) is 19.2. The molecule has 0 radical (unpaired) electrons. The second-order valence-electron chi connectivity index (χ2n) is 10.0. The van der Waals surface area contributed by atoms with Crippen LogP contribution in [0, 0.1) is 0 Å². The summed E-state index contributed by atoms with van der Waals surface area (Å²) >= 11 is 0. The standard InChI is InChI=1S/C17H32O2.C10H19NO2.C8H8/c1-4-5-6-7-8-9-10-11-12-13-14-15-19-17(18)16(2)3;1-5-11(6-2)7-8-13-10(12)9(3)4;1-2-8-6-4-3-5-7-8/h2,4-15H2,1,3H3;3,5-8H2,1-2,4H3;2-7H,1H2. The number of ether oxygens (including phenoxy) is 2. The van der Waals surface area contributed by atoms with Crippen LogP contribution in [0.3, 0.4) is 0 Å². The minimum Gasteiger partial charge on any atom is -0.462 e. The average Bonchev–Trinajstić information content (AvgIpc) is 2.96. The quantitative estimate of drug-likeness (QED) is 0.0908. The first-order valence-electron chi connectivity index (χ1n) is 15.3. The Morgan fingerprint density at radius 3 is 1.50 bits per heavy atom. The van der Waals surface area contributed by atoms with Crippen molar-refractivity contribution < 1.29 is 19.1 Å². The van der Waals surface area contributed by atoms with E-state index in [-0.39, 0.29) is 11.9 Å². The van der Waals surface area contributed by atoms with Crippen molar-refractivity contribution in [2.45, 2.75) is 105 Å². The molecule has 0 aliphatic carbocycles. The maximum absolute atomic E-state index is 11.1. The minimum absolute atomic E-state index is 0.257. The van der Waals surface area contributed by atoms with E-state index in [0.29, 0.717) is 24.4 Å². The molecule has 0 spiro atoms. The number of hydrogen-bond acceptors (Lipinski definition) is 5. The fourth-order valence-corrected chi connectivity index (χ4v) is 3.57. The van der Waals surface area contributed by atoms with Gasteiger partial charge in [0.25, 0.3) is 0 Å². The first kappa shape index (κ1) is 39.5. The number of carbonyl (C=O) groups excluding carboxylic acids is 2. The molecule has 0 aromatic heterocycles. The predicted molar refractivity (Wildman–Crippen MR) is 172 cm³/mol. The topological polar surface area (TPSA) is 55.8 Å². The Morgan fingerprint density at radius 1 is 0.700 bits per heavy atom. The van der Waals surface area contributed by atoms with E-state index >= 15 is 0 Å². The molecule has 0 atom stereocenters. The third-order valence-corrected chi connectivity index (χ3v) is 6.25. The summed E-state index contributed by atoms with van der Waals surface area (Å²) in [5.74, 6) is -0.556. The lowest BCUT2D eigenvalue weighted by atomic mass is 10.1. The molecule has 0 heterocycles. The highest BCUT2D eigenvalue weighted by Gasteiger charge is 2.04. The molecule has 0 N–H and O–H groups in total. The number of benzene rings is 1. The maximum Gasteiger partial charge on any atom is 0.333 e. The molecular weight excluding hydrogens is 498 g/mol. The predicted octanol–water partition coefficient (Wildman–Crippen LogP) is 9.19. The number of hydrogen-bond donors (Lipinski definition) is 0. The van der Waals surface area contributed by atoms with E-state index < -0.39 is 0 Å². The van der Waals surface area contributed by atoms with Crippen molar-refractivity contribution in [1.29, 1.82) is 0 Å². The third kappa shape index (κ3) is 26.9. The highest BCUT2D eigenvalue weighted by atomic mass is 16.5. The Kier molecular flexibility index (Phi) is 28.9. The zero-order valence-corrected chi connectivity index (χ0v) is 26.5. The Morgan fingerprint density at radius 2 is 1.12 bits per heavy atom. The third-order valence-electron chi connectivity index (χ3n) is 6.25. The van der Waals surface area contributed by atoms with Crippen LogP contribution in [0.15, 0.2) is 61.2 Å². The summed E-state index contributed by atoms with van der Waals surface area (Å²) in [5.41, 5.74) is 2.12. The van der Waals surface area contributed by atoms with Gasteiger partial charge in [0.15, 0.2) is 0 Å². The van der Waals surface area contributed by atoms with Crippen LogP contribution in [-0.2, 0) is 19.1 Å². The zero-order valence-electron chi connectivity index (χ0n) is 26.5. The van der Waals surface area contributed by atoms with E-state index in [4.69, 9.17) is 9.47 Å². The fourth-order valence-electron chi connectivity index (χ4n) is 3.57. The molecule has 228 valence electrons. The largest absolute Gasteiger partial charge is 0.462 e. The number of likely N-dealkylation sites (N-methyl/N-ethyl adjacent to an activating group) is 1. The van der Waals surface area contributed by atoms with Crippen LogP contribution in [0.2, 0.25) is 0 Å². The highest BCUT2D eigenvalue weighted by molar-refractivity contribution is 5.87. The molecule has 0 fully saturated rings.